The number of phosphoric ester groups is 1. The van der Waals surface area contributed by atoms with Gasteiger partial charge in [-0.3, -0.25) is 33.3 Å². The van der Waals surface area contributed by atoms with Crippen molar-refractivity contribution in [1.82, 2.24) is 31.0 Å². The van der Waals surface area contributed by atoms with Crippen molar-refractivity contribution in [3.63, 3.8) is 0 Å². The Hall–Kier alpha value is -3.66. The maximum absolute atomic E-state index is 13.9. The summed E-state index contributed by atoms with van der Waals surface area (Å²) in [5.41, 5.74) is 7.89. The fraction of sp³-hybridized carbons (Fsp3) is 0.719. The molecule has 0 bridgehead atoms. The topological polar surface area (TPSA) is 322 Å². The number of primary amides is 1. The molecule has 0 spiro atoms. The highest BCUT2D eigenvalue weighted by atomic mass is 31.2. The number of hydrogen-bond donors (Lipinski definition) is 9. The Morgan fingerprint density at radius 1 is 1.06 bits per heavy atom. The molecular weight excluding hydrogens is 737 g/mol. The number of nitrogens with zero attached hydrogens (tertiary/aromatic N) is 2. The Bertz CT molecular complexity index is 1440. The third kappa shape index (κ3) is 15.6. The number of nitrogens with two attached hydrogens (primary N) is 1. The van der Waals surface area contributed by atoms with Gasteiger partial charge in [0.1, 0.15) is 12.1 Å². The first kappa shape index (κ1) is 46.5. The molecule has 1 unspecified atom stereocenters. The molecule has 0 aromatic carbocycles. The van der Waals surface area contributed by atoms with E-state index < -0.39 is 105 Å². The van der Waals surface area contributed by atoms with Crippen LogP contribution in [0.15, 0.2) is 12.5 Å². The Balaban J connectivity index is 2.24. The van der Waals surface area contributed by atoms with Gasteiger partial charge in [0.15, 0.2) is 11.6 Å². The molecule has 1 fully saturated rings. The highest BCUT2D eigenvalue weighted by Crippen LogP contribution is 2.39. The first-order valence-corrected chi connectivity index (χ1v) is 19.0. The Kier molecular flexibility index (Phi) is 19.5. The number of likely N-dealkylation sites (tertiary alicyclic amines) is 1. The number of hydrogen-bond acceptors (Lipinski definition) is 14. The summed E-state index contributed by atoms with van der Waals surface area (Å²) in [5.74, 6) is -7.23. The van der Waals surface area contributed by atoms with Gasteiger partial charge in [0.05, 0.1) is 69.2 Å². The number of imidazole rings is 1. The molecule has 54 heavy (non-hydrogen) atoms. The maximum atomic E-state index is 13.9. The second-order valence-electron chi connectivity index (χ2n) is 13.5. The van der Waals surface area contributed by atoms with E-state index in [0.29, 0.717) is 12.3 Å². The summed E-state index contributed by atoms with van der Waals surface area (Å²) in [7, 11) is -3.55. The minimum absolute atomic E-state index is 0.0290. The van der Waals surface area contributed by atoms with E-state index in [1.807, 2.05) is 13.8 Å². The van der Waals surface area contributed by atoms with E-state index in [1.54, 1.807) is 0 Å². The van der Waals surface area contributed by atoms with Gasteiger partial charge in [-0.05, 0) is 25.7 Å². The van der Waals surface area contributed by atoms with E-state index in [1.165, 1.54) is 24.5 Å². The largest absolute Gasteiger partial charge is 0.469 e. The van der Waals surface area contributed by atoms with E-state index in [2.05, 4.69) is 30.6 Å². The van der Waals surface area contributed by atoms with Crippen LogP contribution in [0.25, 0.3) is 0 Å². The quantitative estimate of drug-likeness (QED) is 0.0281. The lowest BCUT2D eigenvalue weighted by Crippen LogP contribution is -2.52. The molecule has 4 amide bonds. The number of amides is 4. The maximum Gasteiger partial charge on any atom is 0.469 e. The van der Waals surface area contributed by atoms with Gasteiger partial charge in [-0.2, -0.15) is 0 Å². The van der Waals surface area contributed by atoms with Crippen molar-refractivity contribution in [3.05, 3.63) is 18.2 Å². The zero-order valence-electron chi connectivity index (χ0n) is 30.8. The molecule has 2 rings (SSSR count). The third-order valence-electron chi connectivity index (χ3n) is 8.79. The summed E-state index contributed by atoms with van der Waals surface area (Å²) in [6, 6.07) is -4.34. The van der Waals surface area contributed by atoms with Crippen molar-refractivity contribution in [2.45, 2.75) is 89.6 Å². The smallest absolute Gasteiger partial charge is 0.394 e. The van der Waals surface area contributed by atoms with Crippen molar-refractivity contribution in [3.8, 4) is 0 Å². The number of aromatic nitrogens is 2. The number of methoxy groups -OCH3 is 1. The van der Waals surface area contributed by atoms with Crippen LogP contribution in [0.1, 0.15) is 58.6 Å². The lowest BCUT2D eigenvalue weighted by molar-refractivity contribution is -0.140. The summed E-state index contributed by atoms with van der Waals surface area (Å²) in [5, 5.41) is 24.7. The molecule has 0 aliphatic carbocycles. The fourth-order valence-corrected chi connectivity index (χ4v) is 6.56. The number of aromatic amines is 1. The first-order valence-electron chi connectivity index (χ1n) is 17.4. The molecule has 306 valence electrons. The SMILES string of the molecule is COCCOCCC(=O)N1C[C@@H](NO)C[C@H]1C(=O)N[C@@H](CC(C)C)C(=O)C[C@@H](Cc1cnc[nH]1)C(=O)N[C@@H](CO)C(=O)C[C@H](C(N)=O)C(C)OP(=O)(O)O. The van der Waals surface area contributed by atoms with E-state index >= 15 is 0 Å². The predicted molar refractivity (Wildman–Crippen MR) is 187 cm³/mol. The molecule has 1 saturated heterocycles. The molecule has 0 radical (unpaired) electrons. The van der Waals surface area contributed by atoms with Gasteiger partial charge in [-0.25, -0.2) is 15.0 Å². The van der Waals surface area contributed by atoms with Gasteiger partial charge in [-0.15, -0.1) is 0 Å². The second kappa shape index (κ2) is 22.7. The number of rotatable bonds is 26. The minimum atomic E-state index is -5.06. The lowest BCUT2D eigenvalue weighted by Gasteiger charge is -2.28. The molecule has 2 heterocycles. The van der Waals surface area contributed by atoms with Crippen LogP contribution in [0.2, 0.25) is 0 Å². The number of H-pyrrole nitrogens is 1. The van der Waals surface area contributed by atoms with E-state index in [0.717, 1.165) is 6.92 Å². The third-order valence-corrected chi connectivity index (χ3v) is 9.40. The van der Waals surface area contributed by atoms with Crippen LogP contribution in [0.3, 0.4) is 0 Å². The first-order chi connectivity index (χ1) is 25.4. The summed E-state index contributed by atoms with van der Waals surface area (Å²) in [4.78, 5) is 106. The van der Waals surface area contributed by atoms with Crippen molar-refractivity contribution >= 4 is 43.0 Å². The summed E-state index contributed by atoms with van der Waals surface area (Å²) >= 11 is 0. The number of aliphatic hydroxyl groups is 1. The van der Waals surface area contributed by atoms with Crippen LogP contribution < -0.4 is 21.8 Å². The number of ketones is 2. The van der Waals surface area contributed by atoms with Crippen LogP contribution in [0, 0.1) is 17.8 Å². The highest BCUT2D eigenvalue weighted by molar-refractivity contribution is 7.46. The standard InChI is InChI=1S/C32H54N7O14P/c1-18(2)9-24(36-32(46)26-12-22(38-47)15-39(26)29(43)5-6-52-8-7-51-4)27(41)11-20(10-21-14-34-17-35-21)31(45)37-25(16-40)28(42)13-23(30(33)44)19(3)53-54(48,49)50/h14,17-20,22-26,38,40,47H,5-13,15-16H2,1-4H3,(H2,33,44)(H,34,35)(H,36,46)(H,37,45)(H2,48,49,50)/t19?,20-,22+,23+,24+,25+,26+/m1/s1. The highest BCUT2D eigenvalue weighted by Gasteiger charge is 2.41. The average molecular weight is 792 g/mol. The Morgan fingerprint density at radius 3 is 2.30 bits per heavy atom. The van der Waals surface area contributed by atoms with Crippen molar-refractivity contribution in [1.29, 1.82) is 0 Å². The molecule has 1 aliphatic rings. The van der Waals surface area contributed by atoms with Gasteiger partial charge in [0.2, 0.25) is 23.6 Å². The molecule has 10 N–H and O–H groups in total. The molecule has 22 heteroatoms. The molecule has 0 saturated carbocycles. The molecule has 21 nitrogen and oxygen atoms in total. The molecule has 7 atom stereocenters. The van der Waals surface area contributed by atoms with Crippen LogP contribution in [-0.4, -0.2) is 141 Å². The van der Waals surface area contributed by atoms with Crippen molar-refractivity contribution in [2.24, 2.45) is 23.5 Å². The number of Topliss-reactive ketones (excluding diaryl/α,β-unsaturated/α-hetero) is 2. The summed E-state index contributed by atoms with van der Waals surface area (Å²) < 4.78 is 26.1. The van der Waals surface area contributed by atoms with Gasteiger partial charge in [0.25, 0.3) is 0 Å². The number of hydroxylamine groups is 1. The van der Waals surface area contributed by atoms with E-state index in [9.17, 15) is 43.6 Å². The van der Waals surface area contributed by atoms with Gasteiger partial charge < -0.3 is 55.8 Å². The Morgan fingerprint density at radius 2 is 1.74 bits per heavy atom. The van der Waals surface area contributed by atoms with Crippen LogP contribution in [0.5, 0.6) is 0 Å². The number of nitrogens with one attached hydrogen (secondary N) is 4. The number of carbonyl (C=O) groups excluding carboxylic acids is 6. The van der Waals surface area contributed by atoms with E-state index in [-0.39, 0.29) is 51.4 Å². The number of ether oxygens (including phenoxy) is 2. The summed E-state index contributed by atoms with van der Waals surface area (Å²) in [6.45, 7) is 4.56. The summed E-state index contributed by atoms with van der Waals surface area (Å²) in [6.07, 6.45) is 0.197. The van der Waals surface area contributed by atoms with E-state index in [4.69, 9.17) is 25.0 Å². The van der Waals surface area contributed by atoms with Gasteiger partial charge in [-0.1, -0.05) is 13.8 Å². The fourth-order valence-electron chi connectivity index (χ4n) is 5.98. The Labute approximate surface area is 312 Å². The van der Waals surface area contributed by atoms with Crippen LogP contribution >= 0.6 is 7.82 Å². The molecular formula is C32H54N7O14P. The number of phosphoric acid groups is 1. The number of aliphatic hydroxyl groups excluding tert-OH is 1. The monoisotopic (exact) mass is 791 g/mol. The van der Waals surface area contributed by atoms with Crippen LogP contribution in [-0.2, 0) is 53.8 Å². The van der Waals surface area contributed by atoms with Crippen molar-refractivity contribution in [2.75, 3.05) is 40.1 Å². The lowest BCUT2D eigenvalue weighted by atomic mass is 9.89. The zero-order chi connectivity index (χ0) is 40.6. The average Bonchev–Trinajstić information content (AvgIpc) is 3.78. The second-order valence-corrected chi connectivity index (χ2v) is 14.7. The molecule has 1 aromatic rings. The van der Waals surface area contributed by atoms with Gasteiger partial charge >= 0.3 is 7.82 Å². The zero-order valence-corrected chi connectivity index (χ0v) is 31.7. The minimum Gasteiger partial charge on any atom is -0.394 e. The molecule has 1 aliphatic heterocycles. The van der Waals surface area contributed by atoms with Crippen molar-refractivity contribution < 1.29 is 67.4 Å². The predicted octanol–water partition coefficient (Wildman–Crippen LogP) is -1.90. The molecule has 1 aromatic heterocycles. The number of carbonyl (C=O) groups is 6. The van der Waals surface area contributed by atoms with Gasteiger partial charge in [0, 0.05) is 44.8 Å². The van der Waals surface area contributed by atoms with Crippen LogP contribution in [0.4, 0.5) is 0 Å². The normalized spacial score (nSPS) is 18.8.